The lowest BCUT2D eigenvalue weighted by Crippen LogP contribution is -2.46. The van der Waals surface area contributed by atoms with Gasteiger partial charge in [-0.15, -0.1) is 0 Å². The van der Waals surface area contributed by atoms with Crippen LogP contribution in [0.2, 0.25) is 0 Å². The Hall–Kier alpha value is -3.17. The number of rotatable bonds is 4. The summed E-state index contributed by atoms with van der Waals surface area (Å²) in [7, 11) is 0. The second-order valence-electron chi connectivity index (χ2n) is 9.26. The Morgan fingerprint density at radius 3 is 2.74 bits per heavy atom. The van der Waals surface area contributed by atoms with E-state index in [1.54, 1.807) is 6.33 Å². The van der Waals surface area contributed by atoms with Crippen molar-refractivity contribution in [2.24, 2.45) is 0 Å². The maximum atomic E-state index is 12.3. The highest BCUT2D eigenvalue weighted by Crippen LogP contribution is 2.36. The molecule has 3 N–H and O–H groups in total. The van der Waals surface area contributed by atoms with Crippen molar-refractivity contribution >= 4 is 22.8 Å². The molecule has 4 heterocycles. The summed E-state index contributed by atoms with van der Waals surface area (Å²) in [6, 6.07) is 6.77. The van der Waals surface area contributed by atoms with Crippen LogP contribution in [-0.4, -0.2) is 77.3 Å². The molecule has 1 saturated heterocycles. The van der Waals surface area contributed by atoms with Crippen LogP contribution < -0.4 is 15.4 Å². The first-order valence-electron chi connectivity index (χ1n) is 12.2. The Bertz CT molecular complexity index is 1180. The molecule has 9 heteroatoms. The number of aromatic nitrogens is 3. The molecule has 1 aromatic carbocycles. The quantitative estimate of drug-likeness (QED) is 0.548. The van der Waals surface area contributed by atoms with Gasteiger partial charge in [-0.1, -0.05) is 6.07 Å². The SMILES string of the molecule is O=C1NCCOc2cc(-c3c[nH]c4ncnc(NC5CCC(N6CCOCC6)CC5)c34)ccc21. The van der Waals surface area contributed by atoms with Crippen LogP contribution in [0, 0.1) is 0 Å². The van der Waals surface area contributed by atoms with Crippen molar-refractivity contribution in [3.8, 4) is 16.9 Å². The average molecular weight is 463 g/mol. The van der Waals surface area contributed by atoms with E-state index in [0.29, 0.717) is 36.5 Å². The van der Waals surface area contributed by atoms with Gasteiger partial charge in [0.1, 0.15) is 30.1 Å². The van der Waals surface area contributed by atoms with Crippen molar-refractivity contribution in [2.45, 2.75) is 37.8 Å². The van der Waals surface area contributed by atoms with Gasteiger partial charge in [0.05, 0.1) is 30.7 Å². The van der Waals surface area contributed by atoms with Gasteiger partial charge in [-0.05, 0) is 43.4 Å². The van der Waals surface area contributed by atoms with Gasteiger partial charge >= 0.3 is 0 Å². The molecule has 0 radical (unpaired) electrons. The first kappa shape index (κ1) is 21.4. The van der Waals surface area contributed by atoms with E-state index in [1.807, 2.05) is 24.4 Å². The number of hydrogen-bond acceptors (Lipinski definition) is 7. The summed E-state index contributed by atoms with van der Waals surface area (Å²) < 4.78 is 11.3. The fourth-order valence-corrected chi connectivity index (χ4v) is 5.44. The molecule has 0 atom stereocenters. The maximum absolute atomic E-state index is 12.3. The molecule has 34 heavy (non-hydrogen) atoms. The third-order valence-electron chi connectivity index (χ3n) is 7.25. The number of hydrogen-bond donors (Lipinski definition) is 3. The molecule has 1 saturated carbocycles. The lowest BCUT2D eigenvalue weighted by Gasteiger charge is -2.39. The molecule has 3 aromatic rings. The number of nitrogens with one attached hydrogen (secondary N) is 3. The third-order valence-corrected chi connectivity index (χ3v) is 7.25. The second-order valence-corrected chi connectivity index (χ2v) is 9.26. The van der Waals surface area contributed by atoms with Crippen LogP contribution in [0.3, 0.4) is 0 Å². The summed E-state index contributed by atoms with van der Waals surface area (Å²) in [6.07, 6.45) is 8.18. The molecule has 2 aromatic heterocycles. The number of fused-ring (bicyclic) bond motifs is 2. The molecule has 9 nitrogen and oxygen atoms in total. The molecule has 6 rings (SSSR count). The summed E-state index contributed by atoms with van der Waals surface area (Å²) in [6.45, 7) is 4.77. The largest absolute Gasteiger partial charge is 0.491 e. The van der Waals surface area contributed by atoms with Gasteiger partial charge in [-0.3, -0.25) is 9.69 Å². The van der Waals surface area contributed by atoms with Crippen LogP contribution in [0.1, 0.15) is 36.0 Å². The van der Waals surface area contributed by atoms with Gasteiger partial charge in [0.2, 0.25) is 0 Å². The van der Waals surface area contributed by atoms with Crippen molar-refractivity contribution in [1.29, 1.82) is 0 Å². The van der Waals surface area contributed by atoms with Crippen molar-refractivity contribution in [2.75, 3.05) is 44.8 Å². The van der Waals surface area contributed by atoms with E-state index in [0.717, 1.165) is 67.1 Å². The monoisotopic (exact) mass is 462 g/mol. The van der Waals surface area contributed by atoms with Gasteiger partial charge in [0, 0.05) is 36.9 Å². The van der Waals surface area contributed by atoms with E-state index in [1.165, 1.54) is 12.8 Å². The van der Waals surface area contributed by atoms with E-state index in [-0.39, 0.29) is 5.91 Å². The van der Waals surface area contributed by atoms with E-state index >= 15 is 0 Å². The van der Waals surface area contributed by atoms with Crippen LogP contribution >= 0.6 is 0 Å². The zero-order valence-electron chi connectivity index (χ0n) is 19.2. The Labute approximate surface area is 198 Å². The van der Waals surface area contributed by atoms with Crippen molar-refractivity contribution in [3.63, 3.8) is 0 Å². The lowest BCUT2D eigenvalue weighted by molar-refractivity contribution is 0.00791. The molecule has 1 amide bonds. The summed E-state index contributed by atoms with van der Waals surface area (Å²) in [5.74, 6) is 1.36. The summed E-state index contributed by atoms with van der Waals surface area (Å²) in [5, 5.41) is 7.54. The number of anilines is 1. The number of carbonyl (C=O) groups is 1. The summed E-state index contributed by atoms with van der Waals surface area (Å²) in [4.78, 5) is 27.2. The van der Waals surface area contributed by atoms with Crippen molar-refractivity contribution < 1.29 is 14.3 Å². The highest BCUT2D eigenvalue weighted by Gasteiger charge is 2.28. The van der Waals surface area contributed by atoms with Gasteiger partial charge in [0.15, 0.2) is 0 Å². The molecule has 2 aliphatic heterocycles. The van der Waals surface area contributed by atoms with Crippen LogP contribution in [-0.2, 0) is 4.74 Å². The molecule has 0 spiro atoms. The average Bonchev–Trinajstić information content (AvgIpc) is 3.24. The zero-order chi connectivity index (χ0) is 22.9. The number of aromatic amines is 1. The van der Waals surface area contributed by atoms with Crippen LogP contribution in [0.4, 0.5) is 5.82 Å². The van der Waals surface area contributed by atoms with Crippen LogP contribution in [0.15, 0.2) is 30.7 Å². The molecule has 3 aliphatic rings. The minimum Gasteiger partial charge on any atom is -0.491 e. The van der Waals surface area contributed by atoms with E-state index < -0.39 is 0 Å². The van der Waals surface area contributed by atoms with E-state index in [4.69, 9.17) is 9.47 Å². The second kappa shape index (κ2) is 9.23. The van der Waals surface area contributed by atoms with Crippen molar-refractivity contribution in [3.05, 3.63) is 36.3 Å². The van der Waals surface area contributed by atoms with Gasteiger partial charge in [-0.25, -0.2) is 9.97 Å². The van der Waals surface area contributed by atoms with Crippen LogP contribution in [0.5, 0.6) is 5.75 Å². The highest BCUT2D eigenvalue weighted by molar-refractivity contribution is 6.02. The molecular formula is C25H30N6O3. The smallest absolute Gasteiger partial charge is 0.255 e. The zero-order valence-corrected chi connectivity index (χ0v) is 19.2. The number of H-pyrrole nitrogens is 1. The molecule has 0 bridgehead atoms. The minimum absolute atomic E-state index is 0.101. The maximum Gasteiger partial charge on any atom is 0.255 e. The van der Waals surface area contributed by atoms with Gasteiger partial charge in [0.25, 0.3) is 5.91 Å². The molecule has 0 unspecified atom stereocenters. The normalized spacial score (nSPS) is 23.6. The number of nitrogens with zero attached hydrogens (tertiary/aromatic N) is 3. The summed E-state index contributed by atoms with van der Waals surface area (Å²) in [5.41, 5.74) is 3.32. The first-order chi connectivity index (χ1) is 16.8. The van der Waals surface area contributed by atoms with Crippen molar-refractivity contribution in [1.82, 2.24) is 25.2 Å². The van der Waals surface area contributed by atoms with E-state index in [9.17, 15) is 4.79 Å². The highest BCUT2D eigenvalue weighted by atomic mass is 16.5. The standard InChI is InChI=1S/C25H30N6O3/c32-25-19-6-1-16(13-21(19)34-10-7-26-25)20-14-27-23-22(20)24(29-15-28-23)30-17-2-4-18(5-3-17)31-8-11-33-12-9-31/h1,6,13-15,17-18H,2-5,7-12H2,(H,26,32)(H2,27,28,29,30). The first-order valence-corrected chi connectivity index (χ1v) is 12.2. The Morgan fingerprint density at radius 2 is 1.88 bits per heavy atom. The fraction of sp³-hybridized carbons (Fsp3) is 0.480. The number of ether oxygens (including phenoxy) is 2. The lowest BCUT2D eigenvalue weighted by atomic mass is 9.90. The number of benzene rings is 1. The fourth-order valence-electron chi connectivity index (χ4n) is 5.44. The topological polar surface area (TPSA) is 104 Å². The molecule has 178 valence electrons. The van der Waals surface area contributed by atoms with Crippen LogP contribution in [0.25, 0.3) is 22.2 Å². The molecule has 1 aliphatic carbocycles. The van der Waals surface area contributed by atoms with Gasteiger partial charge < -0.3 is 25.1 Å². The predicted octanol–water partition coefficient (Wildman–Crippen LogP) is 2.80. The molecule has 2 fully saturated rings. The Balaban J connectivity index is 1.24. The number of carbonyl (C=O) groups excluding carboxylic acids is 1. The van der Waals surface area contributed by atoms with E-state index in [2.05, 4.69) is 30.5 Å². The summed E-state index contributed by atoms with van der Waals surface area (Å²) >= 11 is 0. The Morgan fingerprint density at radius 1 is 1.03 bits per heavy atom. The molecular weight excluding hydrogens is 432 g/mol. The minimum atomic E-state index is -0.101. The van der Waals surface area contributed by atoms with Gasteiger partial charge in [-0.2, -0.15) is 0 Å². The number of amides is 1. The predicted molar refractivity (Wildman–Crippen MR) is 129 cm³/mol. The third kappa shape index (κ3) is 4.10. The Kier molecular flexibility index (Phi) is 5.80. The number of morpholine rings is 1.